The largest absolute Gasteiger partial charge is 0.480 e. The van der Waals surface area contributed by atoms with Gasteiger partial charge in [-0.15, -0.1) is 11.8 Å². The first kappa shape index (κ1) is 14.9. The Kier molecular flexibility index (Phi) is 5.50. The number of thioether (sulfide) groups is 1. The molecule has 0 saturated heterocycles. The lowest BCUT2D eigenvalue weighted by Crippen LogP contribution is -2.41. The Morgan fingerprint density at radius 2 is 1.94 bits per heavy atom. The second kappa shape index (κ2) is 6.66. The molecule has 0 heterocycles. The zero-order valence-electron chi connectivity index (χ0n) is 10.1. The minimum Gasteiger partial charge on any atom is -0.480 e. The number of hydrogen-bond donors (Lipinski definition) is 1. The summed E-state index contributed by atoms with van der Waals surface area (Å²) in [6, 6.07) is 6.32. The molecule has 98 valence electrons. The van der Waals surface area contributed by atoms with Gasteiger partial charge >= 0.3 is 5.97 Å². The average molecular weight is 288 g/mol. The van der Waals surface area contributed by atoms with E-state index in [1.54, 1.807) is 12.1 Å². The number of halogens is 1. The molecule has 1 aromatic carbocycles. The molecule has 0 fully saturated rings. The van der Waals surface area contributed by atoms with E-state index in [0.29, 0.717) is 5.02 Å². The van der Waals surface area contributed by atoms with Gasteiger partial charge in [0, 0.05) is 17.0 Å². The maximum Gasteiger partial charge on any atom is 0.326 e. The Labute approximate surface area is 115 Å². The number of benzene rings is 1. The summed E-state index contributed by atoms with van der Waals surface area (Å²) in [6.45, 7) is 1.48. The van der Waals surface area contributed by atoms with Gasteiger partial charge in [-0.1, -0.05) is 11.6 Å². The Morgan fingerprint density at radius 1 is 1.39 bits per heavy atom. The first-order valence-corrected chi connectivity index (χ1v) is 6.65. The minimum atomic E-state index is -1.01. The van der Waals surface area contributed by atoms with E-state index in [2.05, 4.69) is 0 Å². The molecule has 0 radical (unpaired) electrons. The molecule has 1 unspecified atom stereocenters. The third kappa shape index (κ3) is 4.23. The highest BCUT2D eigenvalue weighted by atomic mass is 35.5. The molecule has 1 aromatic rings. The molecule has 0 aliphatic carbocycles. The molecule has 0 aliphatic heterocycles. The van der Waals surface area contributed by atoms with E-state index in [4.69, 9.17) is 16.7 Å². The molecule has 18 heavy (non-hydrogen) atoms. The lowest BCUT2D eigenvalue weighted by molar-refractivity contribution is -0.147. The number of carbonyl (C=O) groups is 2. The average Bonchev–Trinajstić information content (AvgIpc) is 2.35. The van der Waals surface area contributed by atoms with Crippen LogP contribution < -0.4 is 0 Å². The van der Waals surface area contributed by atoms with Gasteiger partial charge in [0.05, 0.1) is 5.75 Å². The Morgan fingerprint density at radius 3 is 2.44 bits per heavy atom. The third-order valence-electron chi connectivity index (χ3n) is 2.51. The first-order valence-electron chi connectivity index (χ1n) is 5.28. The predicted octanol–water partition coefficient (Wildman–Crippen LogP) is 2.36. The van der Waals surface area contributed by atoms with Crippen molar-refractivity contribution in [3.8, 4) is 0 Å². The fraction of sp³-hybridized carbons (Fsp3) is 0.333. The van der Waals surface area contributed by atoms with Crippen molar-refractivity contribution in [1.29, 1.82) is 0 Å². The van der Waals surface area contributed by atoms with Gasteiger partial charge in [-0.2, -0.15) is 0 Å². The van der Waals surface area contributed by atoms with E-state index in [9.17, 15) is 9.59 Å². The maximum absolute atomic E-state index is 11.7. The number of nitrogens with zero attached hydrogens (tertiary/aromatic N) is 1. The third-order valence-corrected chi connectivity index (χ3v) is 3.76. The molecule has 1 N–H and O–H groups in total. The number of likely N-dealkylation sites (N-methyl/N-ethyl adjacent to an activating group) is 1. The van der Waals surface area contributed by atoms with Crippen LogP contribution in [0.1, 0.15) is 6.92 Å². The van der Waals surface area contributed by atoms with Gasteiger partial charge in [0.1, 0.15) is 6.04 Å². The summed E-state index contributed by atoms with van der Waals surface area (Å²) in [4.78, 5) is 24.6. The smallest absolute Gasteiger partial charge is 0.326 e. The van der Waals surface area contributed by atoms with Crippen molar-refractivity contribution in [1.82, 2.24) is 4.90 Å². The van der Waals surface area contributed by atoms with Crippen LogP contribution >= 0.6 is 23.4 Å². The van der Waals surface area contributed by atoms with Crippen LogP contribution in [0, 0.1) is 0 Å². The molecule has 0 aromatic heterocycles. The first-order chi connectivity index (χ1) is 8.41. The fourth-order valence-electron chi connectivity index (χ4n) is 1.16. The number of aliphatic carboxylic acids is 1. The number of rotatable bonds is 5. The molecule has 6 heteroatoms. The SMILES string of the molecule is CC(C(=O)O)N(C)C(=O)CSc1ccc(Cl)cc1. The van der Waals surface area contributed by atoms with E-state index in [0.717, 1.165) is 4.90 Å². The highest BCUT2D eigenvalue weighted by Crippen LogP contribution is 2.20. The van der Waals surface area contributed by atoms with Crippen LogP contribution in [-0.2, 0) is 9.59 Å². The van der Waals surface area contributed by atoms with E-state index < -0.39 is 12.0 Å². The van der Waals surface area contributed by atoms with Crippen LogP contribution in [0.5, 0.6) is 0 Å². The predicted molar refractivity (Wildman–Crippen MR) is 72.0 cm³/mol. The van der Waals surface area contributed by atoms with Crippen molar-refractivity contribution in [3.05, 3.63) is 29.3 Å². The van der Waals surface area contributed by atoms with Crippen molar-refractivity contribution in [2.75, 3.05) is 12.8 Å². The van der Waals surface area contributed by atoms with Crippen molar-refractivity contribution < 1.29 is 14.7 Å². The molecule has 1 amide bonds. The van der Waals surface area contributed by atoms with E-state index in [1.165, 1.54) is 30.6 Å². The molecule has 0 spiro atoms. The van der Waals surface area contributed by atoms with Crippen molar-refractivity contribution in [2.24, 2.45) is 0 Å². The lowest BCUT2D eigenvalue weighted by Gasteiger charge is -2.21. The Hall–Kier alpha value is -1.20. The normalized spacial score (nSPS) is 11.9. The van der Waals surface area contributed by atoms with Crippen molar-refractivity contribution in [2.45, 2.75) is 17.9 Å². The van der Waals surface area contributed by atoms with Crippen LogP contribution in [0.3, 0.4) is 0 Å². The summed E-state index contributed by atoms with van der Waals surface area (Å²) >= 11 is 7.10. The fourth-order valence-corrected chi connectivity index (χ4v) is 2.11. The molecule has 0 aliphatic rings. The van der Waals surface area contributed by atoms with E-state index in [-0.39, 0.29) is 11.7 Å². The molecule has 1 atom stereocenters. The van der Waals surface area contributed by atoms with E-state index >= 15 is 0 Å². The van der Waals surface area contributed by atoms with Gasteiger partial charge in [0.25, 0.3) is 0 Å². The van der Waals surface area contributed by atoms with Crippen LogP contribution in [0.15, 0.2) is 29.2 Å². The number of amides is 1. The number of hydrogen-bond acceptors (Lipinski definition) is 3. The number of carboxylic acids is 1. The number of carboxylic acid groups (broad SMARTS) is 1. The van der Waals surface area contributed by atoms with Crippen LogP contribution in [0.25, 0.3) is 0 Å². The maximum atomic E-state index is 11.7. The van der Waals surface area contributed by atoms with Crippen LogP contribution in [-0.4, -0.2) is 40.7 Å². The van der Waals surface area contributed by atoms with Gasteiger partial charge < -0.3 is 10.0 Å². The molecule has 0 saturated carbocycles. The molecule has 4 nitrogen and oxygen atoms in total. The minimum absolute atomic E-state index is 0.204. The summed E-state index contributed by atoms with van der Waals surface area (Å²) < 4.78 is 0. The van der Waals surface area contributed by atoms with Gasteiger partial charge in [0.15, 0.2) is 0 Å². The number of carbonyl (C=O) groups excluding carboxylic acids is 1. The zero-order valence-corrected chi connectivity index (χ0v) is 11.7. The lowest BCUT2D eigenvalue weighted by atomic mass is 10.3. The zero-order chi connectivity index (χ0) is 13.7. The van der Waals surface area contributed by atoms with Crippen LogP contribution in [0.2, 0.25) is 5.02 Å². The summed E-state index contributed by atoms with van der Waals surface area (Å²) in [7, 11) is 1.49. The standard InChI is InChI=1S/C12H14ClNO3S/c1-8(12(16)17)14(2)11(15)7-18-10-5-3-9(13)4-6-10/h3-6,8H,7H2,1-2H3,(H,16,17). The summed E-state index contributed by atoms with van der Waals surface area (Å²) in [5.41, 5.74) is 0. The quantitative estimate of drug-likeness (QED) is 0.845. The second-order valence-corrected chi connectivity index (χ2v) is 5.25. The van der Waals surface area contributed by atoms with Crippen LogP contribution in [0.4, 0.5) is 0 Å². The van der Waals surface area contributed by atoms with Gasteiger partial charge in [-0.3, -0.25) is 4.79 Å². The topological polar surface area (TPSA) is 57.6 Å². The highest BCUT2D eigenvalue weighted by Gasteiger charge is 2.21. The van der Waals surface area contributed by atoms with Gasteiger partial charge in [-0.25, -0.2) is 4.79 Å². The highest BCUT2D eigenvalue weighted by molar-refractivity contribution is 8.00. The summed E-state index contributed by atoms with van der Waals surface area (Å²) in [5, 5.41) is 9.44. The molecular formula is C12H14ClNO3S. The monoisotopic (exact) mass is 287 g/mol. The Bertz CT molecular complexity index is 435. The molecule has 1 rings (SSSR count). The Balaban J connectivity index is 2.50. The molecular weight excluding hydrogens is 274 g/mol. The van der Waals surface area contributed by atoms with Crippen molar-refractivity contribution in [3.63, 3.8) is 0 Å². The molecule has 0 bridgehead atoms. The van der Waals surface area contributed by atoms with Crippen molar-refractivity contribution >= 4 is 35.2 Å². The van der Waals surface area contributed by atoms with Gasteiger partial charge in [-0.05, 0) is 31.2 Å². The summed E-state index contributed by atoms with van der Waals surface area (Å²) in [5.74, 6) is -1.03. The van der Waals surface area contributed by atoms with E-state index in [1.807, 2.05) is 12.1 Å². The summed E-state index contributed by atoms with van der Waals surface area (Å²) in [6.07, 6.45) is 0. The van der Waals surface area contributed by atoms with Gasteiger partial charge in [0.2, 0.25) is 5.91 Å². The second-order valence-electron chi connectivity index (χ2n) is 3.76.